The Balaban J connectivity index is 2.43. The highest BCUT2D eigenvalue weighted by molar-refractivity contribution is 9.10. The van der Waals surface area contributed by atoms with Gasteiger partial charge in [-0.15, -0.1) is 0 Å². The van der Waals surface area contributed by atoms with Crippen LogP contribution < -0.4 is 5.32 Å². The number of benzene rings is 1. The summed E-state index contributed by atoms with van der Waals surface area (Å²) in [6.07, 6.45) is 0. The molecule has 0 aliphatic carbocycles. The lowest BCUT2D eigenvalue weighted by Gasteiger charge is -2.11. The highest BCUT2D eigenvalue weighted by atomic mass is 79.9. The Kier molecular flexibility index (Phi) is 3.82. The van der Waals surface area contributed by atoms with Gasteiger partial charge in [0.05, 0.1) is 17.1 Å². The molecule has 0 radical (unpaired) electrons. The van der Waals surface area contributed by atoms with Crippen LogP contribution in [0, 0.1) is 19.7 Å². The summed E-state index contributed by atoms with van der Waals surface area (Å²) in [4.78, 5) is 8.39. The van der Waals surface area contributed by atoms with Crippen molar-refractivity contribution in [2.24, 2.45) is 0 Å². The van der Waals surface area contributed by atoms with Crippen molar-refractivity contribution in [1.29, 1.82) is 0 Å². The molecule has 2 rings (SSSR count). The van der Waals surface area contributed by atoms with Crippen LogP contribution in [0.4, 0.5) is 15.9 Å². The minimum atomic E-state index is -0.388. The molecule has 0 unspecified atom stereocenters. The van der Waals surface area contributed by atoms with E-state index in [2.05, 4.69) is 31.2 Å². The lowest BCUT2D eigenvalue weighted by atomic mass is 10.3. The van der Waals surface area contributed by atoms with Gasteiger partial charge in [-0.25, -0.2) is 14.4 Å². The quantitative estimate of drug-likeness (QED) is 0.887. The first-order valence-corrected chi connectivity index (χ1v) is 6.38. The van der Waals surface area contributed by atoms with Gasteiger partial charge in [0.15, 0.2) is 11.0 Å². The van der Waals surface area contributed by atoms with E-state index in [9.17, 15) is 4.39 Å². The minimum absolute atomic E-state index is 0.216. The molecule has 0 bridgehead atoms. The van der Waals surface area contributed by atoms with E-state index in [4.69, 9.17) is 11.6 Å². The molecule has 0 saturated heterocycles. The third kappa shape index (κ3) is 2.62. The zero-order valence-electron chi connectivity index (χ0n) is 9.76. The fraction of sp³-hybridized carbons (Fsp3) is 0.167. The molecule has 0 amide bonds. The van der Waals surface area contributed by atoms with Crippen LogP contribution in [0.2, 0.25) is 5.15 Å². The Bertz CT molecular complexity index is 584. The predicted molar refractivity (Wildman–Crippen MR) is 73.9 cm³/mol. The summed E-state index contributed by atoms with van der Waals surface area (Å²) in [5.74, 6) is -0.0500. The maximum atomic E-state index is 13.7. The third-order valence-corrected chi connectivity index (χ3v) is 3.39. The van der Waals surface area contributed by atoms with Gasteiger partial charge in [-0.05, 0) is 41.9 Å². The summed E-state index contributed by atoms with van der Waals surface area (Å²) < 4.78 is 14.3. The van der Waals surface area contributed by atoms with Crippen LogP contribution in [0.3, 0.4) is 0 Å². The molecule has 0 saturated carbocycles. The molecule has 1 heterocycles. The number of anilines is 2. The van der Waals surface area contributed by atoms with E-state index in [1.165, 1.54) is 6.07 Å². The van der Waals surface area contributed by atoms with Crippen LogP contribution in [-0.2, 0) is 0 Å². The highest BCUT2D eigenvalue weighted by Crippen LogP contribution is 2.30. The van der Waals surface area contributed by atoms with Gasteiger partial charge in [-0.3, -0.25) is 0 Å². The number of aromatic nitrogens is 2. The predicted octanol–water partition coefficient (Wildman–Crippen LogP) is 4.39. The largest absolute Gasteiger partial charge is 0.334 e. The molecular formula is C12H10BrClFN3. The summed E-state index contributed by atoms with van der Waals surface area (Å²) in [5, 5.41) is 3.07. The number of para-hydroxylation sites is 1. The van der Waals surface area contributed by atoms with Crippen LogP contribution in [0.1, 0.15) is 11.4 Å². The van der Waals surface area contributed by atoms with Gasteiger partial charge in [0.25, 0.3) is 0 Å². The van der Waals surface area contributed by atoms with E-state index < -0.39 is 0 Å². The van der Waals surface area contributed by atoms with E-state index >= 15 is 0 Å². The van der Waals surface area contributed by atoms with Crippen molar-refractivity contribution >= 4 is 39.0 Å². The van der Waals surface area contributed by atoms with Crippen molar-refractivity contribution in [3.63, 3.8) is 0 Å². The highest BCUT2D eigenvalue weighted by Gasteiger charge is 2.12. The molecule has 0 spiro atoms. The molecule has 3 nitrogen and oxygen atoms in total. The van der Waals surface area contributed by atoms with Gasteiger partial charge in [-0.1, -0.05) is 17.7 Å². The smallest absolute Gasteiger partial charge is 0.172 e. The van der Waals surface area contributed by atoms with Crippen molar-refractivity contribution in [3.8, 4) is 0 Å². The molecule has 0 aliphatic rings. The summed E-state index contributed by atoms with van der Waals surface area (Å²) in [5.41, 5.74) is 1.78. The summed E-state index contributed by atoms with van der Waals surface area (Å²) in [7, 11) is 0. The number of nitrogens with one attached hydrogen (secondary N) is 1. The van der Waals surface area contributed by atoms with Crippen molar-refractivity contribution in [2.45, 2.75) is 13.8 Å². The lowest BCUT2D eigenvalue weighted by Crippen LogP contribution is -2.02. The monoisotopic (exact) mass is 329 g/mol. The second-order valence-corrected chi connectivity index (χ2v) is 4.97. The van der Waals surface area contributed by atoms with Gasteiger partial charge < -0.3 is 5.32 Å². The van der Waals surface area contributed by atoms with Crippen LogP contribution in [0.5, 0.6) is 0 Å². The minimum Gasteiger partial charge on any atom is -0.334 e. The zero-order valence-corrected chi connectivity index (χ0v) is 12.1. The van der Waals surface area contributed by atoms with Crippen LogP contribution in [0.25, 0.3) is 0 Å². The van der Waals surface area contributed by atoms with Gasteiger partial charge in [0.1, 0.15) is 5.82 Å². The number of halogens is 3. The van der Waals surface area contributed by atoms with E-state index in [1.807, 2.05) is 13.8 Å². The Morgan fingerprint density at radius 2 is 1.89 bits per heavy atom. The third-order valence-electron chi connectivity index (χ3n) is 2.47. The molecule has 6 heteroatoms. The second-order valence-electron chi connectivity index (χ2n) is 3.76. The van der Waals surface area contributed by atoms with Gasteiger partial charge in [0, 0.05) is 4.47 Å². The summed E-state index contributed by atoms with van der Waals surface area (Å²) >= 11 is 9.25. The first kappa shape index (κ1) is 13.2. The molecule has 0 aliphatic heterocycles. The molecule has 18 heavy (non-hydrogen) atoms. The van der Waals surface area contributed by atoms with Gasteiger partial charge >= 0.3 is 0 Å². The van der Waals surface area contributed by atoms with Crippen LogP contribution in [0.15, 0.2) is 22.7 Å². The van der Waals surface area contributed by atoms with Crippen molar-refractivity contribution in [1.82, 2.24) is 9.97 Å². The lowest BCUT2D eigenvalue weighted by molar-refractivity contribution is 0.631. The second kappa shape index (κ2) is 5.20. The maximum Gasteiger partial charge on any atom is 0.172 e. The van der Waals surface area contributed by atoms with E-state index in [0.717, 1.165) is 11.4 Å². The first-order valence-electron chi connectivity index (χ1n) is 5.21. The Hall–Kier alpha value is -1.20. The van der Waals surface area contributed by atoms with E-state index in [-0.39, 0.29) is 16.7 Å². The molecule has 0 fully saturated rings. The summed E-state index contributed by atoms with van der Waals surface area (Å²) in [6, 6.07) is 4.70. The number of hydrogen-bond donors (Lipinski definition) is 1. The number of hydrogen-bond acceptors (Lipinski definition) is 3. The number of rotatable bonds is 2. The van der Waals surface area contributed by atoms with Crippen LogP contribution >= 0.6 is 27.5 Å². The van der Waals surface area contributed by atoms with Gasteiger partial charge in [0.2, 0.25) is 0 Å². The molecule has 94 valence electrons. The maximum absolute atomic E-state index is 13.7. The van der Waals surface area contributed by atoms with Crippen LogP contribution in [-0.4, -0.2) is 9.97 Å². The van der Waals surface area contributed by atoms with E-state index in [0.29, 0.717) is 10.3 Å². The summed E-state index contributed by atoms with van der Waals surface area (Å²) in [6.45, 7) is 3.64. The fourth-order valence-corrected chi connectivity index (χ4v) is 2.05. The average Bonchev–Trinajstić information content (AvgIpc) is 2.30. The van der Waals surface area contributed by atoms with Crippen molar-refractivity contribution < 1.29 is 4.39 Å². The normalized spacial score (nSPS) is 10.5. The zero-order chi connectivity index (χ0) is 13.3. The molecule has 0 atom stereocenters. The van der Waals surface area contributed by atoms with Gasteiger partial charge in [-0.2, -0.15) is 0 Å². The topological polar surface area (TPSA) is 37.8 Å². The Morgan fingerprint density at radius 1 is 1.22 bits per heavy atom. The van der Waals surface area contributed by atoms with Crippen molar-refractivity contribution in [3.05, 3.63) is 45.0 Å². The SMILES string of the molecule is Cc1nc(Cl)c(Nc2c(F)cccc2Br)nc1C. The molecular weight excluding hydrogens is 321 g/mol. The average molecular weight is 331 g/mol. The molecule has 1 N–H and O–H groups in total. The standard InChI is InChI=1S/C12H10BrClFN3/c1-6-7(2)17-12(11(14)16-6)18-10-8(13)4-3-5-9(10)15/h3-5H,1-2H3,(H,17,18). The first-order chi connectivity index (χ1) is 8.49. The van der Waals surface area contributed by atoms with Crippen molar-refractivity contribution in [2.75, 3.05) is 5.32 Å². The molecule has 2 aromatic rings. The molecule has 1 aromatic carbocycles. The van der Waals surface area contributed by atoms with E-state index in [1.54, 1.807) is 12.1 Å². The number of nitrogens with zero attached hydrogens (tertiary/aromatic N) is 2. The fourth-order valence-electron chi connectivity index (χ4n) is 1.39. The Morgan fingerprint density at radius 3 is 2.56 bits per heavy atom. The number of aryl methyl sites for hydroxylation is 2. The Labute approximate surface area is 118 Å². The molecule has 1 aromatic heterocycles.